The predicted octanol–water partition coefficient (Wildman–Crippen LogP) is 3.98. The zero-order valence-corrected chi connectivity index (χ0v) is 13.4. The highest BCUT2D eigenvalue weighted by atomic mass is 79.9. The first-order valence-corrected chi connectivity index (χ1v) is 9.08. The van der Waals surface area contributed by atoms with E-state index in [2.05, 4.69) is 20.8 Å². The molecule has 0 N–H and O–H groups in total. The molecule has 2 nitrogen and oxygen atoms in total. The number of hydrogen-bond acceptors (Lipinski definition) is 1. The Morgan fingerprint density at radius 2 is 1.58 bits per heavy atom. The molecule has 0 bridgehead atoms. The van der Waals surface area contributed by atoms with Gasteiger partial charge in [0.25, 0.3) is 0 Å². The maximum atomic E-state index is 12.6. The summed E-state index contributed by atoms with van der Waals surface area (Å²) in [5.41, 5.74) is 0. The molecule has 1 aliphatic heterocycles. The smallest absolute Gasteiger partial charge is 0.225 e. The van der Waals surface area contributed by atoms with E-state index >= 15 is 0 Å². The Morgan fingerprint density at radius 3 is 2.32 bits per heavy atom. The van der Waals surface area contributed by atoms with Gasteiger partial charge in [0, 0.05) is 23.8 Å². The zero-order chi connectivity index (χ0) is 13.2. The first-order valence-electron chi connectivity index (χ1n) is 8.17. The molecule has 0 aromatic rings. The van der Waals surface area contributed by atoms with Crippen LogP contribution in [0.1, 0.15) is 57.8 Å². The van der Waals surface area contributed by atoms with Gasteiger partial charge in [-0.1, -0.05) is 41.6 Å². The van der Waals surface area contributed by atoms with Crippen LogP contribution in [0.5, 0.6) is 0 Å². The lowest BCUT2D eigenvalue weighted by Crippen LogP contribution is -2.44. The highest BCUT2D eigenvalue weighted by Crippen LogP contribution is 2.43. The van der Waals surface area contributed by atoms with E-state index in [4.69, 9.17) is 0 Å². The molecule has 1 saturated heterocycles. The van der Waals surface area contributed by atoms with Crippen molar-refractivity contribution >= 4 is 21.8 Å². The van der Waals surface area contributed by atoms with Gasteiger partial charge in [0.05, 0.1) is 0 Å². The molecule has 3 atom stereocenters. The fraction of sp³-hybridized carbons (Fsp3) is 0.938. The van der Waals surface area contributed by atoms with Crippen molar-refractivity contribution in [3.8, 4) is 0 Å². The summed E-state index contributed by atoms with van der Waals surface area (Å²) in [7, 11) is 0. The second-order valence-electron chi connectivity index (χ2n) is 6.81. The van der Waals surface area contributed by atoms with Crippen LogP contribution < -0.4 is 0 Å². The molecule has 3 fully saturated rings. The summed E-state index contributed by atoms with van der Waals surface area (Å²) in [6, 6.07) is 0. The third-order valence-corrected chi connectivity index (χ3v) is 6.54. The van der Waals surface area contributed by atoms with E-state index in [9.17, 15) is 4.79 Å². The van der Waals surface area contributed by atoms with Crippen LogP contribution in [0.15, 0.2) is 0 Å². The van der Waals surface area contributed by atoms with Crippen LogP contribution in [0.4, 0.5) is 0 Å². The third kappa shape index (κ3) is 3.17. The standard InChI is InChI=1S/C16H26BrNO/c17-15-7-9-18(10-8-15)16(19)14-6-5-12-3-1-2-4-13(12)11-14/h12-15H,1-11H2. The first kappa shape index (κ1) is 13.9. The van der Waals surface area contributed by atoms with Gasteiger partial charge >= 0.3 is 0 Å². The highest BCUT2D eigenvalue weighted by Gasteiger charge is 2.37. The number of carbonyl (C=O) groups is 1. The van der Waals surface area contributed by atoms with Crippen molar-refractivity contribution in [2.24, 2.45) is 17.8 Å². The van der Waals surface area contributed by atoms with E-state index in [0.717, 1.165) is 44.2 Å². The predicted molar refractivity (Wildman–Crippen MR) is 81.3 cm³/mol. The minimum Gasteiger partial charge on any atom is -0.342 e. The molecule has 3 unspecified atom stereocenters. The second kappa shape index (κ2) is 6.15. The molecule has 0 aromatic heterocycles. The molecule has 0 aromatic carbocycles. The molecule has 108 valence electrons. The Kier molecular flexibility index (Phi) is 4.51. The SMILES string of the molecule is O=C(C1CCC2CCCCC2C1)N1CCC(Br)CC1. The van der Waals surface area contributed by atoms with E-state index in [1.165, 1.54) is 38.5 Å². The number of nitrogens with zero attached hydrogens (tertiary/aromatic N) is 1. The topological polar surface area (TPSA) is 20.3 Å². The molecule has 1 amide bonds. The largest absolute Gasteiger partial charge is 0.342 e. The normalized spacial score (nSPS) is 36.9. The number of amides is 1. The van der Waals surface area contributed by atoms with Crippen molar-refractivity contribution in [1.29, 1.82) is 0 Å². The fourth-order valence-corrected chi connectivity index (χ4v) is 4.83. The van der Waals surface area contributed by atoms with Gasteiger partial charge in [-0.25, -0.2) is 0 Å². The van der Waals surface area contributed by atoms with Gasteiger partial charge in [0.1, 0.15) is 0 Å². The average Bonchev–Trinajstić information content (AvgIpc) is 2.47. The van der Waals surface area contributed by atoms with Crippen LogP contribution in [-0.4, -0.2) is 28.7 Å². The van der Waals surface area contributed by atoms with E-state index in [1.807, 2.05) is 0 Å². The number of rotatable bonds is 1. The lowest BCUT2D eigenvalue weighted by Gasteiger charge is -2.41. The summed E-state index contributed by atoms with van der Waals surface area (Å²) in [6.07, 6.45) is 11.6. The quantitative estimate of drug-likeness (QED) is 0.667. The molecule has 2 saturated carbocycles. The Bertz CT molecular complexity index is 325. The van der Waals surface area contributed by atoms with E-state index in [0.29, 0.717) is 16.7 Å². The molecule has 1 heterocycles. The molecule has 3 heteroatoms. The van der Waals surface area contributed by atoms with Gasteiger partial charge in [0.15, 0.2) is 0 Å². The average molecular weight is 328 g/mol. The van der Waals surface area contributed by atoms with Crippen LogP contribution in [0.3, 0.4) is 0 Å². The number of piperidine rings is 1. The number of likely N-dealkylation sites (tertiary alicyclic amines) is 1. The van der Waals surface area contributed by atoms with Crippen molar-refractivity contribution in [2.45, 2.75) is 62.6 Å². The van der Waals surface area contributed by atoms with Gasteiger partial charge in [-0.15, -0.1) is 0 Å². The van der Waals surface area contributed by atoms with Crippen molar-refractivity contribution in [1.82, 2.24) is 4.90 Å². The summed E-state index contributed by atoms with van der Waals surface area (Å²) in [4.78, 5) is 15.4. The molecule has 2 aliphatic carbocycles. The van der Waals surface area contributed by atoms with Gasteiger partial charge < -0.3 is 4.90 Å². The fourth-order valence-electron chi connectivity index (χ4n) is 4.42. The van der Waals surface area contributed by atoms with Crippen LogP contribution >= 0.6 is 15.9 Å². The maximum absolute atomic E-state index is 12.6. The van der Waals surface area contributed by atoms with Gasteiger partial charge in [-0.2, -0.15) is 0 Å². The Morgan fingerprint density at radius 1 is 0.895 bits per heavy atom. The summed E-state index contributed by atoms with van der Waals surface area (Å²) >= 11 is 3.67. The van der Waals surface area contributed by atoms with E-state index in [1.54, 1.807) is 0 Å². The summed E-state index contributed by atoms with van der Waals surface area (Å²) in [6.45, 7) is 1.94. The minimum absolute atomic E-state index is 0.353. The molecule has 0 spiro atoms. The monoisotopic (exact) mass is 327 g/mol. The van der Waals surface area contributed by atoms with Crippen LogP contribution in [0.2, 0.25) is 0 Å². The summed E-state index contributed by atoms with van der Waals surface area (Å²) in [5, 5.41) is 0. The zero-order valence-electron chi connectivity index (χ0n) is 11.8. The van der Waals surface area contributed by atoms with Crippen molar-refractivity contribution in [3.05, 3.63) is 0 Å². The van der Waals surface area contributed by atoms with Crippen molar-refractivity contribution < 1.29 is 4.79 Å². The Balaban J connectivity index is 1.55. The van der Waals surface area contributed by atoms with Gasteiger partial charge in [-0.3, -0.25) is 4.79 Å². The van der Waals surface area contributed by atoms with Crippen LogP contribution in [-0.2, 0) is 4.79 Å². The molecule has 3 aliphatic rings. The summed E-state index contributed by atoms with van der Waals surface area (Å²) in [5.74, 6) is 2.64. The lowest BCUT2D eigenvalue weighted by atomic mass is 9.67. The van der Waals surface area contributed by atoms with Gasteiger partial charge in [-0.05, 0) is 43.9 Å². The molecular formula is C16H26BrNO. The number of alkyl halides is 1. The maximum Gasteiger partial charge on any atom is 0.225 e. The molecule has 3 rings (SSSR count). The number of carbonyl (C=O) groups excluding carboxylic acids is 1. The minimum atomic E-state index is 0.353. The third-order valence-electron chi connectivity index (χ3n) is 5.63. The van der Waals surface area contributed by atoms with Crippen molar-refractivity contribution in [3.63, 3.8) is 0 Å². The van der Waals surface area contributed by atoms with Crippen molar-refractivity contribution in [2.75, 3.05) is 13.1 Å². The van der Waals surface area contributed by atoms with E-state index < -0.39 is 0 Å². The Hall–Kier alpha value is -0.0500. The summed E-state index contributed by atoms with van der Waals surface area (Å²) < 4.78 is 0. The van der Waals surface area contributed by atoms with Gasteiger partial charge in [0.2, 0.25) is 5.91 Å². The Labute approximate surface area is 125 Å². The second-order valence-corrected chi connectivity index (χ2v) is 8.11. The number of hydrogen-bond donors (Lipinski definition) is 0. The molecule has 0 radical (unpaired) electrons. The molecular weight excluding hydrogens is 302 g/mol. The number of halogens is 1. The number of fused-ring (bicyclic) bond motifs is 1. The highest BCUT2D eigenvalue weighted by molar-refractivity contribution is 9.09. The van der Waals surface area contributed by atoms with Crippen LogP contribution in [0.25, 0.3) is 0 Å². The van der Waals surface area contributed by atoms with Crippen LogP contribution in [0, 0.1) is 17.8 Å². The first-order chi connectivity index (χ1) is 9.24. The molecule has 19 heavy (non-hydrogen) atoms. The van der Waals surface area contributed by atoms with E-state index in [-0.39, 0.29) is 0 Å². The lowest BCUT2D eigenvalue weighted by molar-refractivity contribution is -0.138.